The van der Waals surface area contributed by atoms with E-state index in [1.54, 1.807) is 24.9 Å². The molecule has 2 amide bonds. The highest BCUT2D eigenvalue weighted by Gasteiger charge is 2.62. The molecule has 0 aromatic carbocycles. The van der Waals surface area contributed by atoms with Gasteiger partial charge in [-0.25, -0.2) is 4.79 Å². The summed E-state index contributed by atoms with van der Waals surface area (Å²) in [6.45, 7) is 9.94. The predicted octanol–water partition coefficient (Wildman–Crippen LogP) is 1.81. The summed E-state index contributed by atoms with van der Waals surface area (Å²) in [6, 6.07) is 0. The van der Waals surface area contributed by atoms with Crippen LogP contribution in [0.2, 0.25) is 0 Å². The fourth-order valence-corrected chi connectivity index (χ4v) is 4.18. The van der Waals surface area contributed by atoms with E-state index in [-0.39, 0.29) is 37.2 Å². The maximum atomic E-state index is 13.0. The molecule has 2 rings (SSSR count). The highest BCUT2D eigenvalue weighted by atomic mass is 16.5. The molecule has 0 heterocycles. The summed E-state index contributed by atoms with van der Waals surface area (Å²) in [6.07, 6.45) is 6.39. The van der Waals surface area contributed by atoms with E-state index < -0.39 is 29.4 Å². The molecule has 2 saturated carbocycles. The third-order valence-corrected chi connectivity index (χ3v) is 6.00. The lowest BCUT2D eigenvalue weighted by Gasteiger charge is -2.26. The number of carbonyl (C=O) groups excluding carboxylic acids is 3. The van der Waals surface area contributed by atoms with Crippen molar-refractivity contribution in [3.8, 4) is 0 Å². The zero-order valence-electron chi connectivity index (χ0n) is 17.6. The summed E-state index contributed by atoms with van der Waals surface area (Å²) in [5.41, 5.74) is -1.09. The molecule has 2 aliphatic carbocycles. The quantitative estimate of drug-likeness (QED) is 0.310. The first-order valence-corrected chi connectivity index (χ1v) is 10.5. The number of hydrogen-bond acceptors (Lipinski definition) is 5. The van der Waals surface area contributed by atoms with E-state index in [0.717, 1.165) is 19.3 Å². The van der Waals surface area contributed by atoms with Gasteiger partial charge < -0.3 is 20.1 Å². The standard InChI is InChI=1S/C22H34N2O5/c1-5-8-9-10-11-24(4)20(27)18-13-16(25)12-17(18)19(26)23-22(14-15(22)6-2)21(28)29-7-3/h5-6,15-18,25H,1-2,7-14H2,3-4H3,(H,23,26)/t15?,16-,17?,18?,22+/m0/s1. The molecular weight excluding hydrogens is 372 g/mol. The molecule has 0 saturated heterocycles. The van der Waals surface area contributed by atoms with Crippen LogP contribution in [-0.2, 0) is 19.1 Å². The van der Waals surface area contributed by atoms with Crippen LogP contribution in [-0.4, -0.2) is 59.6 Å². The number of nitrogens with one attached hydrogen (secondary N) is 1. The average Bonchev–Trinajstić information content (AvgIpc) is 3.27. The van der Waals surface area contributed by atoms with Gasteiger partial charge in [-0.05, 0) is 45.4 Å². The van der Waals surface area contributed by atoms with Crippen molar-refractivity contribution in [2.45, 2.75) is 57.1 Å². The van der Waals surface area contributed by atoms with E-state index in [2.05, 4.69) is 18.5 Å². The Balaban J connectivity index is 2.04. The Hall–Kier alpha value is -2.15. The molecule has 2 fully saturated rings. The number of esters is 1. The molecule has 3 unspecified atom stereocenters. The molecule has 29 heavy (non-hydrogen) atoms. The van der Waals surface area contributed by atoms with Crippen LogP contribution in [0, 0.1) is 17.8 Å². The minimum atomic E-state index is -1.09. The number of allylic oxidation sites excluding steroid dienone is 1. The van der Waals surface area contributed by atoms with E-state index in [1.165, 1.54) is 0 Å². The molecule has 0 aromatic heterocycles. The third-order valence-electron chi connectivity index (χ3n) is 6.00. The first-order valence-electron chi connectivity index (χ1n) is 10.5. The number of hydrogen-bond donors (Lipinski definition) is 2. The van der Waals surface area contributed by atoms with Crippen molar-refractivity contribution < 1.29 is 24.2 Å². The van der Waals surface area contributed by atoms with Crippen LogP contribution in [0.5, 0.6) is 0 Å². The van der Waals surface area contributed by atoms with Crippen molar-refractivity contribution in [2.24, 2.45) is 17.8 Å². The van der Waals surface area contributed by atoms with E-state index in [4.69, 9.17) is 4.74 Å². The van der Waals surface area contributed by atoms with Crippen molar-refractivity contribution in [3.63, 3.8) is 0 Å². The number of aliphatic hydroxyl groups excluding tert-OH is 1. The fourth-order valence-electron chi connectivity index (χ4n) is 4.18. The van der Waals surface area contributed by atoms with Crippen LogP contribution < -0.4 is 5.32 Å². The van der Waals surface area contributed by atoms with Crippen molar-refractivity contribution in [1.82, 2.24) is 10.2 Å². The van der Waals surface area contributed by atoms with Gasteiger partial charge in [0.1, 0.15) is 5.54 Å². The molecule has 2 N–H and O–H groups in total. The molecule has 0 spiro atoms. The molecule has 7 heteroatoms. The minimum Gasteiger partial charge on any atom is -0.464 e. The summed E-state index contributed by atoms with van der Waals surface area (Å²) in [7, 11) is 1.73. The number of rotatable bonds is 11. The monoisotopic (exact) mass is 406 g/mol. The SMILES string of the molecule is C=CCCCCN(C)C(=O)C1C[C@@H](O)CC1C(=O)N[C@]1(C(=O)OCC)CC1C=C. The van der Waals surface area contributed by atoms with Gasteiger partial charge in [-0.15, -0.1) is 13.2 Å². The molecule has 2 aliphatic rings. The normalized spacial score (nSPS) is 30.3. The second-order valence-corrected chi connectivity index (χ2v) is 8.11. The average molecular weight is 407 g/mol. The van der Waals surface area contributed by atoms with Crippen LogP contribution in [0.3, 0.4) is 0 Å². The summed E-state index contributed by atoms with van der Waals surface area (Å²) in [5, 5.41) is 13.0. The van der Waals surface area contributed by atoms with Gasteiger partial charge in [0.15, 0.2) is 0 Å². The van der Waals surface area contributed by atoms with Crippen LogP contribution in [0.1, 0.15) is 45.4 Å². The van der Waals surface area contributed by atoms with Gasteiger partial charge in [0, 0.05) is 19.5 Å². The Morgan fingerprint density at radius 2 is 1.93 bits per heavy atom. The first kappa shape index (κ1) is 23.1. The molecule has 162 valence electrons. The second kappa shape index (κ2) is 10.1. The smallest absolute Gasteiger partial charge is 0.332 e. The third kappa shape index (κ3) is 5.26. The highest BCUT2D eigenvalue weighted by Crippen LogP contribution is 2.46. The van der Waals surface area contributed by atoms with Crippen LogP contribution in [0.15, 0.2) is 25.3 Å². The molecular formula is C22H34N2O5. The van der Waals surface area contributed by atoms with Gasteiger partial charge in [0.2, 0.25) is 11.8 Å². The van der Waals surface area contributed by atoms with Gasteiger partial charge in [-0.3, -0.25) is 9.59 Å². The lowest BCUT2D eigenvalue weighted by Crippen LogP contribution is -2.50. The molecule has 5 atom stereocenters. The van der Waals surface area contributed by atoms with Crippen molar-refractivity contribution in [3.05, 3.63) is 25.3 Å². The Labute approximate surface area is 173 Å². The molecule has 0 bridgehead atoms. The van der Waals surface area contributed by atoms with E-state index in [9.17, 15) is 19.5 Å². The summed E-state index contributed by atoms with van der Waals surface area (Å²) in [4.78, 5) is 39.9. The van der Waals surface area contributed by atoms with Gasteiger partial charge in [-0.1, -0.05) is 12.2 Å². The van der Waals surface area contributed by atoms with E-state index in [1.807, 2.05) is 6.08 Å². The Kier molecular flexibility index (Phi) is 8.02. The summed E-state index contributed by atoms with van der Waals surface area (Å²) in [5.74, 6) is -2.42. The number of unbranched alkanes of at least 4 members (excludes halogenated alkanes) is 2. The summed E-state index contributed by atoms with van der Waals surface area (Å²) >= 11 is 0. The van der Waals surface area contributed by atoms with E-state index >= 15 is 0 Å². The predicted molar refractivity (Wildman–Crippen MR) is 110 cm³/mol. The molecule has 0 aromatic rings. The number of carbonyl (C=O) groups is 3. The Bertz CT molecular complexity index is 649. The maximum Gasteiger partial charge on any atom is 0.332 e. The van der Waals surface area contributed by atoms with Crippen LogP contribution in [0.4, 0.5) is 0 Å². The number of ether oxygens (including phenoxy) is 1. The van der Waals surface area contributed by atoms with Gasteiger partial charge >= 0.3 is 5.97 Å². The van der Waals surface area contributed by atoms with Crippen LogP contribution in [0.25, 0.3) is 0 Å². The largest absolute Gasteiger partial charge is 0.464 e. The van der Waals surface area contributed by atoms with Crippen molar-refractivity contribution in [2.75, 3.05) is 20.2 Å². The van der Waals surface area contributed by atoms with E-state index in [0.29, 0.717) is 13.0 Å². The zero-order valence-corrected chi connectivity index (χ0v) is 17.6. The minimum absolute atomic E-state index is 0.137. The number of nitrogens with zero attached hydrogens (tertiary/aromatic N) is 1. The van der Waals surface area contributed by atoms with Crippen molar-refractivity contribution in [1.29, 1.82) is 0 Å². The first-order chi connectivity index (χ1) is 13.8. The fraction of sp³-hybridized carbons (Fsp3) is 0.682. The second-order valence-electron chi connectivity index (χ2n) is 8.11. The maximum absolute atomic E-state index is 13.0. The molecule has 0 radical (unpaired) electrons. The zero-order chi connectivity index (χ0) is 21.6. The van der Waals surface area contributed by atoms with Gasteiger partial charge in [0.25, 0.3) is 0 Å². The lowest BCUT2D eigenvalue weighted by atomic mass is 9.93. The van der Waals surface area contributed by atoms with Gasteiger partial charge in [0.05, 0.1) is 24.5 Å². The Morgan fingerprint density at radius 3 is 2.52 bits per heavy atom. The molecule has 0 aliphatic heterocycles. The highest BCUT2D eigenvalue weighted by molar-refractivity contribution is 5.94. The summed E-state index contributed by atoms with van der Waals surface area (Å²) < 4.78 is 5.13. The topological polar surface area (TPSA) is 95.9 Å². The van der Waals surface area contributed by atoms with Crippen LogP contribution >= 0.6 is 0 Å². The number of amides is 2. The van der Waals surface area contributed by atoms with Crippen molar-refractivity contribution >= 4 is 17.8 Å². The Morgan fingerprint density at radius 1 is 1.24 bits per heavy atom. The van der Waals surface area contributed by atoms with Gasteiger partial charge in [-0.2, -0.15) is 0 Å². The molecule has 7 nitrogen and oxygen atoms in total. The lowest BCUT2D eigenvalue weighted by molar-refractivity contribution is -0.150. The number of aliphatic hydroxyl groups is 1.